The van der Waals surface area contributed by atoms with Crippen LogP contribution in [0.5, 0.6) is 23.0 Å². The first-order valence-electron chi connectivity index (χ1n) is 13.7. The van der Waals surface area contributed by atoms with Gasteiger partial charge in [0.15, 0.2) is 23.0 Å². The Morgan fingerprint density at radius 1 is 0.319 bits per heavy atom. The van der Waals surface area contributed by atoms with Crippen molar-refractivity contribution in [2.24, 2.45) is 0 Å². The van der Waals surface area contributed by atoms with Crippen LogP contribution in [-0.4, -0.2) is 23.9 Å². The van der Waals surface area contributed by atoms with Crippen molar-refractivity contribution in [1.29, 1.82) is 0 Å². The molecule has 0 saturated heterocycles. The van der Waals surface area contributed by atoms with E-state index in [9.17, 15) is 0 Å². The van der Waals surface area contributed by atoms with Crippen LogP contribution in [0.15, 0.2) is 182 Å². The molecule has 6 rings (SSSR count). The smallest absolute Gasteiger partial charge is 0.496 e. The Labute approximate surface area is 317 Å². The normalized spacial score (nSPS) is 9.96. The van der Waals surface area contributed by atoms with Crippen molar-refractivity contribution in [2.75, 3.05) is 0 Å². The third kappa shape index (κ3) is 19.9. The molecule has 0 fully saturated rings. The molecular weight excluding hydrogens is 805 g/mol. The van der Waals surface area contributed by atoms with Gasteiger partial charge in [0.1, 0.15) is 12.2 Å². The summed E-state index contributed by atoms with van der Waals surface area (Å²) in [6, 6.07) is 62.0. The molecule has 0 heterocycles. The molecule has 47 heavy (non-hydrogen) atoms. The second-order valence-electron chi connectivity index (χ2n) is 8.67. The monoisotopic (exact) mass is 836 g/mol. The second-order valence-corrected chi connectivity index (χ2v) is 18.3. The standard InChI is InChI=1S/2C12H11O2PS2.2C6H5.Sn/c2*16-15(17,13-11-7-3-1-4-8-11)14-12-9-5-2-6-10-12;2*1-2-4-6-5-3-1;/h2*1-10H,(H,16,17);2*1-5H;/q;;;;+2/p-2. The Bertz CT molecular complexity index is 1320. The summed E-state index contributed by atoms with van der Waals surface area (Å²) in [6.07, 6.45) is -5.44. The van der Waals surface area contributed by atoms with Crippen LogP contribution in [0.3, 0.4) is 0 Å². The van der Waals surface area contributed by atoms with Gasteiger partial charge in [0.05, 0.1) is 0 Å². The van der Waals surface area contributed by atoms with Gasteiger partial charge in [-0.2, -0.15) is 0 Å². The third-order valence-corrected chi connectivity index (χ3v) is 8.58. The number of hydrogen-bond donors (Lipinski definition) is 0. The first-order valence-corrected chi connectivity index (χ1v) is 21.0. The molecule has 0 spiro atoms. The fraction of sp³-hybridized carbons (Fsp3) is 0. The predicted octanol–water partition coefficient (Wildman–Crippen LogP) is 10.4. The van der Waals surface area contributed by atoms with Gasteiger partial charge in [0.25, 0.3) is 0 Å². The number of rotatable bonds is 8. The number of benzene rings is 6. The molecule has 0 amide bonds. The molecule has 0 atom stereocenters. The SMILES string of the molecule is [S-][P+]([S-])(Oc1ccccc1)Oc1ccccc1.[S-][P+]([S-])(Oc1ccccc1)Oc1ccccc1.[Sn+2].[c]1ccccc1.[c]1ccccc1. The maximum atomic E-state index is 5.52. The molecule has 0 aliphatic carbocycles. The van der Waals surface area contributed by atoms with Gasteiger partial charge in [0.2, 0.25) is 0 Å². The van der Waals surface area contributed by atoms with Crippen LogP contribution < -0.4 is 18.1 Å². The minimum atomic E-state index is -2.72. The van der Waals surface area contributed by atoms with Gasteiger partial charge in [-0.25, -0.2) is 0 Å². The summed E-state index contributed by atoms with van der Waals surface area (Å²) in [6.45, 7) is 0. The minimum absolute atomic E-state index is 0. The first-order chi connectivity index (χ1) is 22.3. The van der Waals surface area contributed by atoms with Gasteiger partial charge in [-0.3, -0.25) is 0 Å². The van der Waals surface area contributed by atoms with Gasteiger partial charge in [-0.1, -0.05) is 133 Å². The first kappa shape index (κ1) is 40.8. The van der Waals surface area contributed by atoms with E-state index in [1.165, 1.54) is 0 Å². The quantitative estimate of drug-likeness (QED) is 0.0853. The van der Waals surface area contributed by atoms with Crippen molar-refractivity contribution in [1.82, 2.24) is 0 Å². The zero-order valence-corrected chi connectivity index (χ0v) is 32.9. The second kappa shape index (κ2) is 23.8. The predicted molar refractivity (Wildman–Crippen MR) is 208 cm³/mol. The van der Waals surface area contributed by atoms with E-state index in [-0.39, 0.29) is 23.9 Å². The summed E-state index contributed by atoms with van der Waals surface area (Å²) in [4.78, 5) is 0. The molecule has 6 aromatic carbocycles. The summed E-state index contributed by atoms with van der Waals surface area (Å²) in [5.74, 6) is 2.56. The molecular formula is C36H30O4P2S4Sn. The van der Waals surface area contributed by atoms with E-state index in [0.717, 1.165) is 0 Å². The summed E-state index contributed by atoms with van der Waals surface area (Å²) in [5.41, 5.74) is 0. The van der Waals surface area contributed by atoms with Crippen molar-refractivity contribution in [2.45, 2.75) is 0 Å². The fourth-order valence-electron chi connectivity index (χ4n) is 3.16. The van der Waals surface area contributed by atoms with Gasteiger partial charge < -0.3 is 67.1 Å². The van der Waals surface area contributed by atoms with E-state index in [2.05, 4.69) is 12.1 Å². The van der Waals surface area contributed by atoms with Crippen LogP contribution in [0, 0.1) is 12.1 Å². The molecule has 0 N–H and O–H groups in total. The molecule has 4 nitrogen and oxygen atoms in total. The average molecular weight is 836 g/mol. The van der Waals surface area contributed by atoms with E-state index < -0.39 is 12.2 Å². The summed E-state index contributed by atoms with van der Waals surface area (Å²) < 4.78 is 22.1. The Morgan fingerprint density at radius 3 is 0.660 bits per heavy atom. The van der Waals surface area contributed by atoms with E-state index >= 15 is 0 Å². The van der Waals surface area contributed by atoms with Gasteiger partial charge in [-0.05, 0) is 60.7 Å². The van der Waals surface area contributed by atoms with Gasteiger partial charge >= 0.3 is 23.9 Å². The average Bonchev–Trinajstić information content (AvgIpc) is 3.08. The van der Waals surface area contributed by atoms with Crippen LogP contribution in [0.2, 0.25) is 0 Å². The van der Waals surface area contributed by atoms with Gasteiger partial charge in [-0.15, -0.1) is 0 Å². The Morgan fingerprint density at radius 2 is 0.511 bits per heavy atom. The molecule has 0 aliphatic rings. The third-order valence-electron chi connectivity index (χ3n) is 5.06. The molecule has 0 saturated carbocycles. The van der Waals surface area contributed by atoms with E-state index in [0.29, 0.717) is 23.0 Å². The Hall–Kier alpha value is -2.42. The Kier molecular flexibility index (Phi) is 20.7. The van der Waals surface area contributed by atoms with Crippen LogP contribution >= 0.6 is 12.2 Å². The summed E-state index contributed by atoms with van der Waals surface area (Å²) >= 11 is 20.8. The van der Waals surface area contributed by atoms with Crippen LogP contribution in [-0.2, 0) is 49.0 Å². The minimum Gasteiger partial charge on any atom is -0.496 e. The van der Waals surface area contributed by atoms with E-state index in [4.69, 9.17) is 67.1 Å². The molecule has 4 radical (unpaired) electrons. The zero-order valence-electron chi connectivity index (χ0n) is 25.0. The largest absolute Gasteiger partial charge is 2.00 e. The molecule has 6 aromatic rings. The maximum absolute atomic E-state index is 5.52. The van der Waals surface area contributed by atoms with Crippen LogP contribution in [0.4, 0.5) is 0 Å². The summed E-state index contributed by atoms with van der Waals surface area (Å²) in [5, 5.41) is 0. The molecule has 0 unspecified atom stereocenters. The topological polar surface area (TPSA) is 36.9 Å². The van der Waals surface area contributed by atoms with Crippen molar-refractivity contribution in [3.05, 3.63) is 194 Å². The van der Waals surface area contributed by atoms with Crippen LogP contribution in [0.1, 0.15) is 0 Å². The molecule has 11 heteroatoms. The van der Waals surface area contributed by atoms with Crippen LogP contribution in [0.25, 0.3) is 0 Å². The van der Waals surface area contributed by atoms with Crippen molar-refractivity contribution < 1.29 is 18.1 Å². The maximum Gasteiger partial charge on any atom is 2.00 e. The van der Waals surface area contributed by atoms with Crippen molar-refractivity contribution in [3.63, 3.8) is 0 Å². The van der Waals surface area contributed by atoms with Crippen molar-refractivity contribution in [3.8, 4) is 23.0 Å². The van der Waals surface area contributed by atoms with Gasteiger partial charge in [0, 0.05) is 0 Å². The molecule has 0 aliphatic heterocycles. The fourth-order valence-corrected chi connectivity index (χ4v) is 6.82. The Balaban J connectivity index is 0.000000239. The molecule has 0 bridgehead atoms. The molecule has 0 aromatic heterocycles. The number of hydrogen-bond acceptors (Lipinski definition) is 8. The number of para-hydroxylation sites is 4. The molecule has 236 valence electrons. The van der Waals surface area contributed by atoms with Crippen molar-refractivity contribution >= 4 is 85.1 Å². The van der Waals surface area contributed by atoms with E-state index in [1.54, 1.807) is 0 Å². The van der Waals surface area contributed by atoms with E-state index in [1.807, 2.05) is 182 Å². The zero-order chi connectivity index (χ0) is 32.8. The summed E-state index contributed by atoms with van der Waals surface area (Å²) in [7, 11) is 0.